The fraction of sp³-hybridized carbons (Fsp3) is 0. The van der Waals surface area contributed by atoms with Crippen molar-refractivity contribution in [2.24, 2.45) is 0 Å². The maximum Gasteiger partial charge on any atom is 1.00 e. The second-order valence-electron chi connectivity index (χ2n) is 2.63. The summed E-state index contributed by atoms with van der Waals surface area (Å²) >= 11 is 2.83. The fourth-order valence-corrected chi connectivity index (χ4v) is 2.72. The maximum atomic E-state index is 13.0. The summed E-state index contributed by atoms with van der Waals surface area (Å²) in [4.78, 5) is 10.8. The van der Waals surface area contributed by atoms with Crippen LogP contribution >= 0.6 is 15.9 Å². The Morgan fingerprint density at radius 2 is 1.93 bits per heavy atom. The number of amides is 1. The number of benzene rings is 1. The molecule has 1 aromatic carbocycles. The Bertz CT molecular complexity index is 545. The minimum atomic E-state index is -3.92. The summed E-state index contributed by atoms with van der Waals surface area (Å²) in [6, 6.07) is 1.89. The zero-order valence-electron chi connectivity index (χ0n) is 7.49. The molecule has 0 fully saturated rings. The van der Waals surface area contributed by atoms with Crippen LogP contribution in [-0.2, 0) is 10.0 Å². The molecule has 0 aliphatic carbocycles. The van der Waals surface area contributed by atoms with Gasteiger partial charge in [-0.05, 0) is 28.1 Å². The van der Waals surface area contributed by atoms with Gasteiger partial charge in [-0.15, -0.1) is 0 Å². The molecule has 0 N–H and O–H groups in total. The van der Waals surface area contributed by atoms with Gasteiger partial charge in [0.15, 0.2) is 0 Å². The van der Waals surface area contributed by atoms with Crippen LogP contribution in [0, 0.1) is 5.82 Å². The van der Waals surface area contributed by atoms with E-state index in [0.29, 0.717) is 0 Å². The second-order valence-corrected chi connectivity index (χ2v) is 5.06. The third-order valence-electron chi connectivity index (χ3n) is 1.73. The van der Waals surface area contributed by atoms with E-state index < -0.39 is 21.7 Å². The van der Waals surface area contributed by atoms with E-state index in [-0.39, 0.29) is 44.5 Å². The van der Waals surface area contributed by atoms with E-state index in [4.69, 9.17) is 0 Å². The molecule has 1 aliphatic heterocycles. The largest absolute Gasteiger partial charge is 1.00 e. The van der Waals surface area contributed by atoms with Crippen molar-refractivity contribution in [3.63, 3.8) is 0 Å². The van der Waals surface area contributed by atoms with E-state index in [0.717, 1.165) is 12.1 Å². The monoisotopic (exact) mass is 301 g/mol. The van der Waals surface area contributed by atoms with E-state index in [1.807, 2.05) is 0 Å². The Morgan fingerprint density at radius 3 is 2.53 bits per heavy atom. The molecular weight excluding hydrogens is 300 g/mol. The first-order valence-corrected chi connectivity index (χ1v) is 5.66. The average molecular weight is 302 g/mol. The molecule has 1 aromatic rings. The normalized spacial score (nSPS) is 16.5. The molecule has 1 amide bonds. The van der Waals surface area contributed by atoms with Crippen molar-refractivity contribution >= 4 is 31.9 Å². The molecule has 4 nitrogen and oxygen atoms in total. The van der Waals surface area contributed by atoms with Crippen LogP contribution in [0.1, 0.15) is 10.4 Å². The number of hydrogen-bond donors (Lipinski definition) is 0. The van der Waals surface area contributed by atoms with Gasteiger partial charge in [-0.25, -0.2) is 12.8 Å². The summed E-state index contributed by atoms with van der Waals surface area (Å²) in [5, 5.41) is 0. The van der Waals surface area contributed by atoms with Crippen LogP contribution in [0.4, 0.5) is 4.39 Å². The van der Waals surface area contributed by atoms with Crippen LogP contribution in [0.5, 0.6) is 0 Å². The first-order valence-electron chi connectivity index (χ1n) is 3.43. The van der Waals surface area contributed by atoms with Crippen molar-refractivity contribution in [3.8, 4) is 0 Å². The van der Waals surface area contributed by atoms with Gasteiger partial charge in [0.05, 0.1) is 15.3 Å². The topological polar surface area (TPSA) is 65.3 Å². The van der Waals surface area contributed by atoms with E-state index in [1.165, 1.54) is 0 Å². The van der Waals surface area contributed by atoms with Crippen molar-refractivity contribution in [2.45, 2.75) is 4.90 Å². The Labute approximate surface area is 116 Å². The van der Waals surface area contributed by atoms with Crippen molar-refractivity contribution < 1.29 is 47.2 Å². The maximum absolute atomic E-state index is 13.0. The van der Waals surface area contributed by atoms with E-state index in [1.54, 1.807) is 0 Å². The van der Waals surface area contributed by atoms with Crippen molar-refractivity contribution in [1.29, 1.82) is 0 Å². The zero-order valence-corrected chi connectivity index (χ0v) is 11.9. The van der Waals surface area contributed by atoms with Gasteiger partial charge >= 0.3 is 29.6 Å². The first kappa shape index (κ1) is 13.1. The molecule has 1 aliphatic rings. The van der Waals surface area contributed by atoms with Crippen LogP contribution in [0.25, 0.3) is 4.72 Å². The minimum Gasteiger partial charge on any atom is -0.537 e. The molecule has 0 aromatic heterocycles. The first-order chi connectivity index (χ1) is 6.42. The summed E-state index contributed by atoms with van der Waals surface area (Å²) < 4.78 is 38.3. The zero-order chi connectivity index (χ0) is 10.5. The Morgan fingerprint density at radius 1 is 1.33 bits per heavy atom. The van der Waals surface area contributed by atoms with E-state index in [9.17, 15) is 17.6 Å². The Balaban J connectivity index is 0.00000112. The molecule has 0 atom stereocenters. The second kappa shape index (κ2) is 4.14. The van der Waals surface area contributed by atoms with Crippen LogP contribution < -0.4 is 29.6 Å². The molecule has 2 rings (SSSR count). The van der Waals surface area contributed by atoms with Gasteiger partial charge in [0.1, 0.15) is 15.8 Å². The number of sulfonamides is 1. The average Bonchev–Trinajstić information content (AvgIpc) is 2.26. The third-order valence-corrected chi connectivity index (χ3v) is 3.64. The van der Waals surface area contributed by atoms with Crippen molar-refractivity contribution in [2.75, 3.05) is 0 Å². The molecule has 0 unspecified atom stereocenters. The summed E-state index contributed by atoms with van der Waals surface area (Å²) in [6.45, 7) is 0. The summed E-state index contributed by atoms with van der Waals surface area (Å²) in [7, 11) is -3.92. The summed E-state index contributed by atoms with van der Waals surface area (Å²) in [6.07, 6.45) is 0. The molecule has 8 heteroatoms. The quantitative estimate of drug-likeness (QED) is 0.566. The molecule has 15 heavy (non-hydrogen) atoms. The van der Waals surface area contributed by atoms with Crippen LogP contribution in [0.15, 0.2) is 21.5 Å². The summed E-state index contributed by atoms with van der Waals surface area (Å²) in [5.74, 6) is -1.62. The number of fused-ring (bicyclic) bond motifs is 1. The third kappa shape index (κ3) is 2.12. The molecule has 0 bridgehead atoms. The fourth-order valence-electron chi connectivity index (χ4n) is 1.12. The molecule has 1 heterocycles. The van der Waals surface area contributed by atoms with Gasteiger partial charge < -0.3 is 9.52 Å². The van der Waals surface area contributed by atoms with Crippen LogP contribution in [-0.4, -0.2) is 14.3 Å². The standard InChI is InChI=1S/C7H3BrFNO3S.Na/c8-4-2-6-3(1-5(4)9)7(11)10-14(6,12)13;/h1-2H,(H,10,11);/q;+1/p-1. The van der Waals surface area contributed by atoms with E-state index >= 15 is 0 Å². The van der Waals surface area contributed by atoms with Gasteiger partial charge in [-0.1, -0.05) is 0 Å². The number of nitrogens with zero attached hydrogens (tertiary/aromatic N) is 1. The predicted molar refractivity (Wildman–Crippen MR) is 49.0 cm³/mol. The number of carbonyl (C=O) groups excluding carboxylic acids is 1. The minimum absolute atomic E-state index is 0. The van der Waals surface area contributed by atoms with Gasteiger partial charge in [-0.3, -0.25) is 0 Å². The SMILES string of the molecule is O=C1[N-]S(=O)(=O)c2cc(Br)c(F)cc21.[Na+]. The van der Waals surface area contributed by atoms with Gasteiger partial charge in [0.2, 0.25) is 0 Å². The molecule has 74 valence electrons. The van der Waals surface area contributed by atoms with Crippen molar-refractivity contribution in [1.82, 2.24) is 0 Å². The molecular formula is C7H2BrFNNaO3S. The predicted octanol–water partition coefficient (Wildman–Crippen LogP) is -1.19. The van der Waals surface area contributed by atoms with Gasteiger partial charge in [0.25, 0.3) is 0 Å². The Kier molecular flexibility index (Phi) is 3.62. The Hall–Kier alpha value is 0.0500. The number of carbonyl (C=O) groups is 1. The number of halogens is 2. The van der Waals surface area contributed by atoms with Crippen LogP contribution in [0.2, 0.25) is 0 Å². The van der Waals surface area contributed by atoms with Gasteiger partial charge in [0, 0.05) is 5.56 Å². The van der Waals surface area contributed by atoms with Gasteiger partial charge in [-0.2, -0.15) is 0 Å². The summed E-state index contributed by atoms with van der Waals surface area (Å²) in [5.41, 5.74) is -0.217. The molecule has 0 saturated heterocycles. The smallest absolute Gasteiger partial charge is 0.537 e. The number of rotatable bonds is 0. The van der Waals surface area contributed by atoms with E-state index in [2.05, 4.69) is 20.7 Å². The number of hydrogen-bond acceptors (Lipinski definition) is 3. The van der Waals surface area contributed by atoms with Crippen LogP contribution in [0.3, 0.4) is 0 Å². The van der Waals surface area contributed by atoms with Crippen molar-refractivity contribution in [3.05, 3.63) is 32.7 Å². The molecule has 0 spiro atoms. The molecule has 0 radical (unpaired) electrons. The molecule has 0 saturated carbocycles.